The van der Waals surface area contributed by atoms with Gasteiger partial charge < -0.3 is 9.80 Å². The Morgan fingerprint density at radius 3 is 2.14 bits per heavy atom. The van der Waals surface area contributed by atoms with Gasteiger partial charge in [0.05, 0.1) is 10.2 Å². The molecular weight excluding hydrogens is 314 g/mol. The maximum atomic E-state index is 4.76. The Labute approximate surface area is 140 Å². The molecule has 0 amide bonds. The summed E-state index contributed by atoms with van der Waals surface area (Å²) < 4.78 is 1.28. The van der Waals surface area contributed by atoms with Crippen LogP contribution in [0.4, 0.5) is 10.8 Å². The Kier molecular flexibility index (Phi) is 4.50. The molecule has 1 aromatic heterocycles. The molecule has 1 aliphatic heterocycles. The third kappa shape index (κ3) is 2.89. The van der Waals surface area contributed by atoms with Crippen molar-refractivity contribution in [3.05, 3.63) is 54.6 Å². The molecular formula is C17H18ClN3S. The van der Waals surface area contributed by atoms with E-state index in [1.54, 1.807) is 11.3 Å². The van der Waals surface area contributed by atoms with Crippen LogP contribution < -0.4 is 9.80 Å². The zero-order chi connectivity index (χ0) is 14.1. The lowest BCUT2D eigenvalue weighted by atomic mass is 10.2. The van der Waals surface area contributed by atoms with E-state index in [0.717, 1.165) is 36.8 Å². The summed E-state index contributed by atoms with van der Waals surface area (Å²) in [7, 11) is 0. The number of hydrogen-bond donors (Lipinski definition) is 0. The van der Waals surface area contributed by atoms with Gasteiger partial charge in [0, 0.05) is 31.9 Å². The van der Waals surface area contributed by atoms with Crippen molar-refractivity contribution in [1.82, 2.24) is 4.98 Å². The van der Waals surface area contributed by atoms with Gasteiger partial charge in [-0.2, -0.15) is 0 Å². The number of hydrogen-bond acceptors (Lipinski definition) is 4. The highest BCUT2D eigenvalue weighted by Crippen LogP contribution is 2.29. The first-order chi connectivity index (χ1) is 10.4. The van der Waals surface area contributed by atoms with Crippen molar-refractivity contribution < 1.29 is 0 Å². The molecule has 1 aliphatic rings. The summed E-state index contributed by atoms with van der Waals surface area (Å²) >= 11 is 1.80. The lowest BCUT2D eigenvalue weighted by Crippen LogP contribution is -2.46. The van der Waals surface area contributed by atoms with Gasteiger partial charge in [0.15, 0.2) is 5.13 Å². The molecule has 22 heavy (non-hydrogen) atoms. The largest absolute Gasteiger partial charge is 0.368 e. The van der Waals surface area contributed by atoms with Crippen LogP contribution in [0.2, 0.25) is 0 Å². The number of para-hydroxylation sites is 2. The fourth-order valence-corrected chi connectivity index (χ4v) is 3.81. The summed E-state index contributed by atoms with van der Waals surface area (Å²) in [5, 5.41) is 1.16. The third-order valence-electron chi connectivity index (χ3n) is 3.95. The van der Waals surface area contributed by atoms with Gasteiger partial charge in [0.1, 0.15) is 0 Å². The highest BCUT2D eigenvalue weighted by Gasteiger charge is 2.19. The Morgan fingerprint density at radius 1 is 0.773 bits per heavy atom. The quantitative estimate of drug-likeness (QED) is 0.706. The highest BCUT2D eigenvalue weighted by molar-refractivity contribution is 7.22. The first-order valence-electron chi connectivity index (χ1n) is 7.31. The van der Waals surface area contributed by atoms with Gasteiger partial charge in [-0.25, -0.2) is 4.98 Å². The molecule has 0 spiro atoms. The molecule has 2 aromatic carbocycles. The van der Waals surface area contributed by atoms with E-state index in [1.807, 2.05) is 0 Å². The number of anilines is 2. The van der Waals surface area contributed by atoms with Gasteiger partial charge in [-0.05, 0) is 24.3 Å². The molecule has 4 rings (SSSR count). The van der Waals surface area contributed by atoms with Crippen molar-refractivity contribution in [2.75, 3.05) is 36.0 Å². The molecule has 3 nitrogen and oxygen atoms in total. The second-order valence-corrected chi connectivity index (χ2v) is 6.28. The van der Waals surface area contributed by atoms with Crippen LogP contribution in [0, 0.1) is 0 Å². The van der Waals surface area contributed by atoms with E-state index in [2.05, 4.69) is 64.4 Å². The van der Waals surface area contributed by atoms with Crippen LogP contribution in [-0.2, 0) is 0 Å². The summed E-state index contributed by atoms with van der Waals surface area (Å²) in [6.45, 7) is 4.18. The van der Waals surface area contributed by atoms with E-state index in [9.17, 15) is 0 Å². The normalized spacial score (nSPS) is 14.9. The van der Waals surface area contributed by atoms with Crippen LogP contribution in [0.25, 0.3) is 10.2 Å². The van der Waals surface area contributed by atoms with Crippen LogP contribution in [0.1, 0.15) is 0 Å². The standard InChI is InChI=1S/C17H17N3S.ClH/c1-2-6-14(7-3-1)19-10-12-20(13-11-19)17-18-15-8-4-5-9-16(15)21-17;/h1-9H,10-13H2;1H. The Bertz CT molecular complexity index is 703. The molecule has 1 saturated heterocycles. The van der Waals surface area contributed by atoms with E-state index in [1.165, 1.54) is 10.4 Å². The molecule has 114 valence electrons. The SMILES string of the molecule is Cl.c1ccc(N2CCN(c3nc4ccccc4s3)CC2)cc1. The van der Waals surface area contributed by atoms with E-state index in [4.69, 9.17) is 4.98 Å². The average molecular weight is 332 g/mol. The number of thiazole rings is 1. The molecule has 0 aliphatic carbocycles. The Balaban J connectivity index is 0.00000144. The maximum absolute atomic E-state index is 4.76. The van der Waals surface area contributed by atoms with Crippen molar-refractivity contribution in [3.8, 4) is 0 Å². The van der Waals surface area contributed by atoms with Crippen LogP contribution in [0.3, 0.4) is 0 Å². The number of benzene rings is 2. The summed E-state index contributed by atoms with van der Waals surface area (Å²) in [6, 6.07) is 19.0. The number of nitrogens with zero attached hydrogens (tertiary/aromatic N) is 3. The number of aromatic nitrogens is 1. The second kappa shape index (κ2) is 6.55. The molecule has 0 N–H and O–H groups in total. The lowest BCUT2D eigenvalue weighted by molar-refractivity contribution is 0.652. The van der Waals surface area contributed by atoms with Crippen LogP contribution in [-0.4, -0.2) is 31.2 Å². The van der Waals surface area contributed by atoms with Crippen LogP contribution >= 0.6 is 23.7 Å². The zero-order valence-corrected chi connectivity index (χ0v) is 13.8. The summed E-state index contributed by atoms with van der Waals surface area (Å²) in [5.74, 6) is 0. The predicted octanol–water partition coefficient (Wildman–Crippen LogP) is 4.04. The zero-order valence-electron chi connectivity index (χ0n) is 12.2. The molecule has 0 saturated carbocycles. The minimum absolute atomic E-state index is 0. The van der Waals surface area contributed by atoms with Gasteiger partial charge in [0.25, 0.3) is 0 Å². The molecule has 0 atom stereocenters. The average Bonchev–Trinajstić information content (AvgIpc) is 3.00. The highest BCUT2D eigenvalue weighted by atomic mass is 35.5. The minimum atomic E-state index is 0. The topological polar surface area (TPSA) is 19.4 Å². The van der Waals surface area contributed by atoms with Crippen molar-refractivity contribution in [2.45, 2.75) is 0 Å². The predicted molar refractivity (Wildman–Crippen MR) is 97.7 cm³/mol. The van der Waals surface area contributed by atoms with Crippen molar-refractivity contribution >= 4 is 44.8 Å². The van der Waals surface area contributed by atoms with Gasteiger partial charge in [-0.3, -0.25) is 0 Å². The number of halogens is 1. The first-order valence-corrected chi connectivity index (χ1v) is 8.12. The van der Waals surface area contributed by atoms with Crippen LogP contribution in [0.5, 0.6) is 0 Å². The van der Waals surface area contributed by atoms with Gasteiger partial charge in [-0.1, -0.05) is 41.7 Å². The van der Waals surface area contributed by atoms with E-state index >= 15 is 0 Å². The maximum Gasteiger partial charge on any atom is 0.186 e. The number of fused-ring (bicyclic) bond motifs is 1. The summed E-state index contributed by atoms with van der Waals surface area (Å²) in [5.41, 5.74) is 2.43. The molecule has 0 radical (unpaired) electrons. The van der Waals surface area contributed by atoms with Crippen molar-refractivity contribution in [2.24, 2.45) is 0 Å². The lowest BCUT2D eigenvalue weighted by Gasteiger charge is -2.35. The first kappa shape index (κ1) is 15.1. The van der Waals surface area contributed by atoms with Gasteiger partial charge in [-0.15, -0.1) is 12.4 Å². The van der Waals surface area contributed by atoms with Crippen molar-refractivity contribution in [3.63, 3.8) is 0 Å². The molecule has 5 heteroatoms. The molecule has 1 fully saturated rings. The second-order valence-electron chi connectivity index (χ2n) is 5.27. The summed E-state index contributed by atoms with van der Waals surface area (Å²) in [4.78, 5) is 9.62. The molecule has 0 bridgehead atoms. The number of rotatable bonds is 2. The summed E-state index contributed by atoms with van der Waals surface area (Å²) in [6.07, 6.45) is 0. The van der Waals surface area contributed by atoms with E-state index < -0.39 is 0 Å². The third-order valence-corrected chi connectivity index (χ3v) is 5.05. The monoisotopic (exact) mass is 331 g/mol. The van der Waals surface area contributed by atoms with E-state index in [-0.39, 0.29) is 12.4 Å². The van der Waals surface area contributed by atoms with E-state index in [0.29, 0.717) is 0 Å². The fourth-order valence-electron chi connectivity index (χ4n) is 2.79. The van der Waals surface area contributed by atoms with Crippen LogP contribution in [0.15, 0.2) is 54.6 Å². The molecule has 2 heterocycles. The van der Waals surface area contributed by atoms with Gasteiger partial charge in [0.2, 0.25) is 0 Å². The molecule has 0 unspecified atom stereocenters. The fraction of sp³-hybridized carbons (Fsp3) is 0.235. The van der Waals surface area contributed by atoms with Gasteiger partial charge >= 0.3 is 0 Å². The minimum Gasteiger partial charge on any atom is -0.368 e. The molecule has 3 aromatic rings. The Hall–Kier alpha value is -1.78. The smallest absolute Gasteiger partial charge is 0.186 e. The Morgan fingerprint density at radius 2 is 1.41 bits per heavy atom. The van der Waals surface area contributed by atoms with Crippen molar-refractivity contribution in [1.29, 1.82) is 0 Å². The number of piperazine rings is 1.